The Morgan fingerprint density at radius 2 is 2.21 bits per heavy atom. The van der Waals surface area contributed by atoms with Gasteiger partial charge in [-0.05, 0) is 42.7 Å². The fourth-order valence-corrected chi connectivity index (χ4v) is 5.33. The Bertz CT molecular complexity index is 1150. The number of ether oxygens (including phenoxy) is 1. The molecule has 1 aliphatic rings. The molecule has 1 unspecified atom stereocenters. The van der Waals surface area contributed by atoms with Crippen LogP contribution in [0.4, 0.5) is 0 Å². The number of imidazole rings is 1. The first-order valence-electron chi connectivity index (χ1n) is 9.07. The van der Waals surface area contributed by atoms with Crippen LogP contribution < -0.4 is 10.5 Å². The minimum Gasteiger partial charge on any atom is -0.490 e. The SMILES string of the molecule is CSc1cc(-c2cnc3cccc(C#N)n23)cc(OCC2(N)CCSC2)c1C#N. The number of nitrogens with zero attached hydrogens (tertiary/aromatic N) is 4. The Labute approximate surface area is 177 Å². The number of nitrogens with two attached hydrogens (primary N) is 1. The van der Waals surface area contributed by atoms with Crippen molar-refractivity contribution in [3.05, 3.63) is 47.8 Å². The Morgan fingerprint density at radius 1 is 1.34 bits per heavy atom. The maximum atomic E-state index is 9.72. The van der Waals surface area contributed by atoms with Crippen molar-refractivity contribution < 1.29 is 4.74 Å². The predicted octanol–water partition coefficient (Wildman–Crippen LogP) is 3.68. The number of hydrogen-bond donors (Lipinski definition) is 1. The quantitative estimate of drug-likeness (QED) is 0.627. The largest absolute Gasteiger partial charge is 0.490 e. The van der Waals surface area contributed by atoms with Gasteiger partial charge in [0.25, 0.3) is 0 Å². The number of benzene rings is 1. The summed E-state index contributed by atoms with van der Waals surface area (Å²) in [5.41, 5.74) is 9.37. The zero-order valence-corrected chi connectivity index (χ0v) is 17.5. The zero-order valence-electron chi connectivity index (χ0n) is 15.9. The normalized spacial score (nSPS) is 18.5. The molecule has 3 heterocycles. The highest BCUT2D eigenvalue weighted by Gasteiger charge is 2.31. The number of nitriles is 2. The van der Waals surface area contributed by atoms with E-state index in [1.807, 2.05) is 46.7 Å². The number of rotatable bonds is 5. The Morgan fingerprint density at radius 3 is 2.90 bits per heavy atom. The molecule has 0 spiro atoms. The van der Waals surface area contributed by atoms with E-state index in [-0.39, 0.29) is 5.54 Å². The average molecular weight is 422 g/mol. The Hall–Kier alpha value is -2.65. The number of hydrogen-bond acceptors (Lipinski definition) is 7. The van der Waals surface area contributed by atoms with Crippen molar-refractivity contribution in [1.82, 2.24) is 9.38 Å². The molecule has 0 bridgehead atoms. The third-order valence-electron chi connectivity index (χ3n) is 4.99. The summed E-state index contributed by atoms with van der Waals surface area (Å²) in [7, 11) is 0. The highest BCUT2D eigenvalue weighted by molar-refractivity contribution is 7.99. The van der Waals surface area contributed by atoms with Crippen molar-refractivity contribution in [2.75, 3.05) is 24.4 Å². The highest BCUT2D eigenvalue weighted by atomic mass is 32.2. The second kappa shape index (κ2) is 8.00. The molecule has 3 aromatic rings. The number of thioether (sulfide) groups is 2. The van der Waals surface area contributed by atoms with E-state index >= 15 is 0 Å². The summed E-state index contributed by atoms with van der Waals surface area (Å²) < 4.78 is 7.91. The molecule has 1 aliphatic heterocycles. The standard InChI is InChI=1S/C21H19N5OS2/c1-28-19-8-14(17-11-25-20-4-2-3-15(9-22)26(17)20)7-18(16(19)10-23)27-12-21(24)5-6-29-13-21/h2-4,7-8,11H,5-6,12-13,24H2,1H3. The molecular formula is C21H19N5OS2. The third kappa shape index (κ3) is 3.67. The van der Waals surface area contributed by atoms with E-state index in [0.717, 1.165) is 34.1 Å². The molecule has 0 amide bonds. The first-order valence-corrected chi connectivity index (χ1v) is 11.4. The number of pyridine rings is 1. The molecule has 8 heteroatoms. The van der Waals surface area contributed by atoms with Crippen LogP contribution >= 0.6 is 23.5 Å². The molecule has 6 nitrogen and oxygen atoms in total. The van der Waals surface area contributed by atoms with Gasteiger partial charge in [0, 0.05) is 16.2 Å². The second-order valence-electron chi connectivity index (χ2n) is 6.98. The molecule has 0 saturated carbocycles. The van der Waals surface area contributed by atoms with Crippen LogP contribution in [0.2, 0.25) is 0 Å². The first-order chi connectivity index (χ1) is 14.1. The van der Waals surface area contributed by atoms with E-state index in [9.17, 15) is 10.5 Å². The Kier molecular flexibility index (Phi) is 5.42. The van der Waals surface area contributed by atoms with E-state index in [0.29, 0.717) is 29.3 Å². The molecule has 1 aromatic carbocycles. The van der Waals surface area contributed by atoms with E-state index in [2.05, 4.69) is 17.1 Å². The second-order valence-corrected chi connectivity index (χ2v) is 8.93. The maximum Gasteiger partial charge on any atom is 0.138 e. The monoisotopic (exact) mass is 421 g/mol. The van der Waals surface area contributed by atoms with Gasteiger partial charge in [-0.15, -0.1) is 11.8 Å². The van der Waals surface area contributed by atoms with Gasteiger partial charge in [-0.3, -0.25) is 4.40 Å². The van der Waals surface area contributed by atoms with Gasteiger partial charge in [0.1, 0.15) is 41.4 Å². The Balaban J connectivity index is 1.81. The van der Waals surface area contributed by atoms with Crippen LogP contribution in [0.5, 0.6) is 5.75 Å². The van der Waals surface area contributed by atoms with E-state index < -0.39 is 0 Å². The molecule has 1 fully saturated rings. The summed E-state index contributed by atoms with van der Waals surface area (Å²) in [5, 5.41) is 19.2. The summed E-state index contributed by atoms with van der Waals surface area (Å²) in [5.74, 6) is 2.39. The van der Waals surface area contributed by atoms with Gasteiger partial charge in [-0.25, -0.2) is 4.98 Å². The van der Waals surface area contributed by atoms with Crippen LogP contribution in [0.15, 0.2) is 41.4 Å². The van der Waals surface area contributed by atoms with Gasteiger partial charge < -0.3 is 10.5 Å². The lowest BCUT2D eigenvalue weighted by molar-refractivity contribution is 0.233. The van der Waals surface area contributed by atoms with Crippen LogP contribution in [-0.2, 0) is 0 Å². The lowest BCUT2D eigenvalue weighted by Gasteiger charge is -2.23. The fourth-order valence-electron chi connectivity index (χ4n) is 3.41. The summed E-state index contributed by atoms with van der Waals surface area (Å²) >= 11 is 3.31. The van der Waals surface area contributed by atoms with Crippen molar-refractivity contribution in [2.45, 2.75) is 16.9 Å². The molecule has 0 aliphatic carbocycles. The van der Waals surface area contributed by atoms with Crippen LogP contribution in [0, 0.1) is 22.7 Å². The molecule has 4 rings (SSSR count). The highest BCUT2D eigenvalue weighted by Crippen LogP contribution is 2.36. The van der Waals surface area contributed by atoms with Gasteiger partial charge >= 0.3 is 0 Å². The van der Waals surface area contributed by atoms with Gasteiger partial charge in [-0.2, -0.15) is 22.3 Å². The van der Waals surface area contributed by atoms with Crippen molar-refractivity contribution in [3.8, 4) is 29.1 Å². The number of aromatic nitrogens is 2. The summed E-state index contributed by atoms with van der Waals surface area (Å²) in [4.78, 5) is 5.24. The third-order valence-corrected chi connectivity index (χ3v) is 7.02. The molecule has 146 valence electrons. The molecule has 1 atom stereocenters. The van der Waals surface area contributed by atoms with Crippen molar-refractivity contribution >= 4 is 29.2 Å². The topological polar surface area (TPSA) is 100 Å². The molecule has 2 aromatic heterocycles. The van der Waals surface area contributed by atoms with Crippen molar-refractivity contribution in [1.29, 1.82) is 10.5 Å². The van der Waals surface area contributed by atoms with E-state index in [4.69, 9.17) is 10.5 Å². The molecule has 2 N–H and O–H groups in total. The molecule has 0 radical (unpaired) electrons. The van der Waals surface area contributed by atoms with Crippen molar-refractivity contribution in [3.63, 3.8) is 0 Å². The lowest BCUT2D eigenvalue weighted by Crippen LogP contribution is -2.45. The zero-order chi connectivity index (χ0) is 20.4. The maximum absolute atomic E-state index is 9.72. The predicted molar refractivity (Wildman–Crippen MR) is 116 cm³/mol. The van der Waals surface area contributed by atoms with Gasteiger partial charge in [-0.1, -0.05) is 6.07 Å². The lowest BCUT2D eigenvalue weighted by atomic mass is 10.0. The van der Waals surface area contributed by atoms with Gasteiger partial charge in [0.15, 0.2) is 0 Å². The average Bonchev–Trinajstić information content (AvgIpc) is 3.38. The molecule has 1 saturated heterocycles. The minimum atomic E-state index is -0.371. The van der Waals surface area contributed by atoms with Crippen LogP contribution in [0.3, 0.4) is 0 Å². The van der Waals surface area contributed by atoms with Crippen LogP contribution in [0.1, 0.15) is 17.7 Å². The first kappa shape index (κ1) is 19.7. The van der Waals surface area contributed by atoms with Crippen molar-refractivity contribution in [2.24, 2.45) is 5.73 Å². The van der Waals surface area contributed by atoms with Crippen LogP contribution in [-0.4, -0.2) is 39.3 Å². The molecule has 29 heavy (non-hydrogen) atoms. The summed E-state index contributed by atoms with van der Waals surface area (Å²) in [6.45, 7) is 0.364. The smallest absolute Gasteiger partial charge is 0.138 e. The minimum absolute atomic E-state index is 0.364. The van der Waals surface area contributed by atoms with Gasteiger partial charge in [0.05, 0.1) is 17.4 Å². The van der Waals surface area contributed by atoms with Crippen LogP contribution in [0.25, 0.3) is 16.9 Å². The van der Waals surface area contributed by atoms with Gasteiger partial charge in [0.2, 0.25) is 0 Å². The van der Waals surface area contributed by atoms with E-state index in [1.54, 1.807) is 12.3 Å². The summed E-state index contributed by atoms with van der Waals surface area (Å²) in [6, 6.07) is 13.7. The fraction of sp³-hybridized carbons (Fsp3) is 0.286. The summed E-state index contributed by atoms with van der Waals surface area (Å²) in [6.07, 6.45) is 4.56. The number of fused-ring (bicyclic) bond motifs is 1. The van der Waals surface area contributed by atoms with E-state index in [1.165, 1.54) is 11.8 Å². The molecular weight excluding hydrogens is 402 g/mol.